The number of halogens is 1. The third kappa shape index (κ3) is 1.04. The molecule has 0 aliphatic heterocycles. The first-order valence-electron chi connectivity index (χ1n) is 2.52. The first-order valence-corrected chi connectivity index (χ1v) is 3.30. The molecule has 0 radical (unpaired) electrons. The highest BCUT2D eigenvalue weighted by Crippen LogP contribution is 2.29. The van der Waals surface area contributed by atoms with Crippen LogP contribution < -0.4 is 9.47 Å². The Labute approximate surface area is 61.6 Å². The summed E-state index contributed by atoms with van der Waals surface area (Å²) in [5.74, 6) is -0.545. The zero-order chi connectivity index (χ0) is 7.56. The third-order valence-corrected chi connectivity index (χ3v) is 1.73. The van der Waals surface area contributed by atoms with Gasteiger partial charge in [0.1, 0.15) is 0 Å². The molecule has 1 heterocycles. The Morgan fingerprint density at radius 2 is 2.10 bits per heavy atom. The molecule has 0 fully saturated rings. The molecule has 1 aromatic heterocycles. The van der Waals surface area contributed by atoms with Crippen LogP contribution in [0.15, 0.2) is 0 Å². The SMILES string of the molecule is COc1nsc(OC)c1F. The van der Waals surface area contributed by atoms with Crippen molar-refractivity contribution in [2.75, 3.05) is 14.2 Å². The van der Waals surface area contributed by atoms with Crippen LogP contribution in [-0.4, -0.2) is 18.6 Å². The van der Waals surface area contributed by atoms with E-state index in [0.29, 0.717) is 0 Å². The lowest BCUT2D eigenvalue weighted by atomic mass is 10.6. The highest BCUT2D eigenvalue weighted by Gasteiger charge is 2.13. The first kappa shape index (κ1) is 7.27. The van der Waals surface area contributed by atoms with Crippen LogP contribution in [0.5, 0.6) is 10.9 Å². The van der Waals surface area contributed by atoms with Crippen molar-refractivity contribution in [3.63, 3.8) is 0 Å². The molecule has 0 spiro atoms. The van der Waals surface area contributed by atoms with E-state index in [0.717, 1.165) is 11.5 Å². The van der Waals surface area contributed by atoms with Crippen LogP contribution >= 0.6 is 11.5 Å². The number of hydrogen-bond donors (Lipinski definition) is 0. The van der Waals surface area contributed by atoms with Gasteiger partial charge in [-0.2, -0.15) is 4.39 Å². The Kier molecular flexibility index (Phi) is 2.06. The molecule has 56 valence electrons. The Balaban J connectivity index is 2.97. The van der Waals surface area contributed by atoms with Gasteiger partial charge in [-0.05, 0) is 0 Å². The lowest BCUT2D eigenvalue weighted by Crippen LogP contribution is -1.86. The molecule has 0 saturated carbocycles. The Morgan fingerprint density at radius 3 is 2.40 bits per heavy atom. The van der Waals surface area contributed by atoms with Gasteiger partial charge in [-0.1, -0.05) is 0 Å². The second-order valence-corrected chi connectivity index (χ2v) is 2.23. The fraction of sp³-hybridized carbons (Fsp3) is 0.400. The molecule has 5 heteroatoms. The quantitative estimate of drug-likeness (QED) is 0.658. The molecule has 1 aromatic rings. The molecule has 1 rings (SSSR count). The van der Waals surface area contributed by atoms with E-state index in [1.165, 1.54) is 14.2 Å². The third-order valence-electron chi connectivity index (χ3n) is 0.957. The molecule has 0 saturated heterocycles. The molecule has 0 aliphatic carbocycles. The van der Waals surface area contributed by atoms with E-state index in [1.54, 1.807) is 0 Å². The van der Waals surface area contributed by atoms with Crippen molar-refractivity contribution >= 4 is 11.5 Å². The summed E-state index contributed by atoms with van der Waals surface area (Å²) in [6, 6.07) is 0. The van der Waals surface area contributed by atoms with Gasteiger partial charge in [0.2, 0.25) is 10.9 Å². The molecule has 0 N–H and O–H groups in total. The van der Waals surface area contributed by atoms with E-state index in [-0.39, 0.29) is 10.9 Å². The average molecular weight is 163 g/mol. The van der Waals surface area contributed by atoms with Crippen molar-refractivity contribution in [2.45, 2.75) is 0 Å². The molecule has 0 atom stereocenters. The zero-order valence-corrected chi connectivity index (χ0v) is 6.37. The summed E-state index contributed by atoms with van der Waals surface area (Å²) in [5, 5.41) is 0.150. The molecule has 0 aromatic carbocycles. The van der Waals surface area contributed by atoms with Crippen LogP contribution in [0.3, 0.4) is 0 Å². The summed E-state index contributed by atoms with van der Waals surface area (Å²) in [4.78, 5) is 0. The van der Waals surface area contributed by atoms with Crippen molar-refractivity contribution in [3.8, 4) is 10.9 Å². The van der Waals surface area contributed by atoms with Crippen molar-refractivity contribution in [1.29, 1.82) is 0 Å². The van der Waals surface area contributed by atoms with Gasteiger partial charge in [-0.15, -0.1) is 4.37 Å². The molecule has 0 aliphatic rings. The molecule has 0 bridgehead atoms. The summed E-state index contributed by atoms with van der Waals surface area (Å²) < 4.78 is 25.6. The number of aromatic nitrogens is 1. The van der Waals surface area contributed by atoms with Crippen LogP contribution in [0.4, 0.5) is 4.39 Å². The summed E-state index contributed by atoms with van der Waals surface area (Å²) in [6.45, 7) is 0. The minimum Gasteiger partial charge on any atom is -0.484 e. The number of hydrogen-bond acceptors (Lipinski definition) is 4. The predicted molar refractivity (Wildman–Crippen MR) is 35.2 cm³/mol. The number of ether oxygens (including phenoxy) is 2. The van der Waals surface area contributed by atoms with Gasteiger partial charge in [0.15, 0.2) is 0 Å². The monoisotopic (exact) mass is 163 g/mol. The van der Waals surface area contributed by atoms with Crippen molar-refractivity contribution in [2.24, 2.45) is 0 Å². The summed E-state index contributed by atoms with van der Waals surface area (Å²) >= 11 is 0.929. The van der Waals surface area contributed by atoms with Crippen LogP contribution in [0.2, 0.25) is 0 Å². The lowest BCUT2D eigenvalue weighted by Gasteiger charge is -1.92. The summed E-state index contributed by atoms with van der Waals surface area (Å²) in [6.07, 6.45) is 0. The Bertz CT molecular complexity index is 204. The molecular weight excluding hydrogens is 157 g/mol. The zero-order valence-electron chi connectivity index (χ0n) is 5.55. The maximum Gasteiger partial charge on any atom is 0.266 e. The van der Waals surface area contributed by atoms with Crippen molar-refractivity contribution in [1.82, 2.24) is 4.37 Å². The smallest absolute Gasteiger partial charge is 0.266 e. The minimum absolute atomic E-state index is 0.0122. The van der Waals surface area contributed by atoms with Crippen molar-refractivity contribution < 1.29 is 13.9 Å². The first-order chi connectivity index (χ1) is 4.79. The fourth-order valence-corrected chi connectivity index (χ4v) is 1.07. The van der Waals surface area contributed by atoms with E-state index >= 15 is 0 Å². The van der Waals surface area contributed by atoms with Crippen LogP contribution in [-0.2, 0) is 0 Å². The molecule has 0 amide bonds. The van der Waals surface area contributed by atoms with E-state index in [4.69, 9.17) is 0 Å². The molecule has 10 heavy (non-hydrogen) atoms. The maximum absolute atomic E-state index is 12.7. The maximum atomic E-state index is 12.7. The average Bonchev–Trinajstić information content (AvgIpc) is 2.30. The second kappa shape index (κ2) is 2.83. The van der Waals surface area contributed by atoms with Crippen LogP contribution in [0.1, 0.15) is 0 Å². The standard InChI is InChI=1S/C5H6FNO2S/c1-8-4-3(6)5(9-2)10-7-4/h1-2H3. The van der Waals surface area contributed by atoms with Gasteiger partial charge in [-0.25, -0.2) is 0 Å². The van der Waals surface area contributed by atoms with Gasteiger partial charge in [-0.3, -0.25) is 0 Å². The van der Waals surface area contributed by atoms with Crippen molar-refractivity contribution in [3.05, 3.63) is 5.82 Å². The minimum atomic E-state index is -0.532. The largest absolute Gasteiger partial charge is 0.484 e. The van der Waals surface area contributed by atoms with Gasteiger partial charge in [0.25, 0.3) is 5.88 Å². The highest BCUT2D eigenvalue weighted by molar-refractivity contribution is 7.07. The van der Waals surface area contributed by atoms with Gasteiger partial charge >= 0.3 is 0 Å². The van der Waals surface area contributed by atoms with Gasteiger partial charge in [0.05, 0.1) is 14.2 Å². The second-order valence-electron chi connectivity index (χ2n) is 1.50. The molecular formula is C5H6FNO2S. The summed E-state index contributed by atoms with van der Waals surface area (Å²) in [5.41, 5.74) is 0. The lowest BCUT2D eigenvalue weighted by molar-refractivity contribution is 0.354. The fourth-order valence-electron chi connectivity index (χ4n) is 0.504. The number of nitrogens with zero attached hydrogens (tertiary/aromatic N) is 1. The molecule has 0 unspecified atom stereocenters. The topological polar surface area (TPSA) is 31.4 Å². The normalized spacial score (nSPS) is 9.50. The van der Waals surface area contributed by atoms with Gasteiger partial charge < -0.3 is 9.47 Å². The van der Waals surface area contributed by atoms with Crippen LogP contribution in [0, 0.1) is 5.82 Å². The Hall–Kier alpha value is -0.840. The predicted octanol–water partition coefficient (Wildman–Crippen LogP) is 1.30. The number of rotatable bonds is 2. The summed E-state index contributed by atoms with van der Waals surface area (Å²) in [7, 11) is 2.74. The number of methoxy groups -OCH3 is 2. The van der Waals surface area contributed by atoms with Crippen LogP contribution in [0.25, 0.3) is 0 Å². The van der Waals surface area contributed by atoms with E-state index < -0.39 is 5.82 Å². The Morgan fingerprint density at radius 1 is 1.40 bits per heavy atom. The molecule has 3 nitrogen and oxygen atoms in total. The van der Waals surface area contributed by atoms with Gasteiger partial charge in [0, 0.05) is 11.5 Å². The van der Waals surface area contributed by atoms with E-state index in [2.05, 4.69) is 13.8 Å². The van der Waals surface area contributed by atoms with E-state index in [9.17, 15) is 4.39 Å². The van der Waals surface area contributed by atoms with E-state index in [1.807, 2.05) is 0 Å². The highest BCUT2D eigenvalue weighted by atomic mass is 32.1.